The van der Waals surface area contributed by atoms with E-state index < -0.39 is 17.9 Å². The van der Waals surface area contributed by atoms with E-state index in [2.05, 4.69) is 0 Å². The SMILES string of the molecule is CC(C)(C)OC(=O)N1CCN(C(=O)COc2cc(Cl)c(Cl)cc2Cl)[C@@H](CN2CC[C@H](F)C2)C1. The van der Waals surface area contributed by atoms with Gasteiger partial charge in [-0.15, -0.1) is 0 Å². The fourth-order valence-corrected chi connectivity index (χ4v) is 4.51. The van der Waals surface area contributed by atoms with Crippen LogP contribution in [-0.2, 0) is 9.53 Å². The van der Waals surface area contributed by atoms with E-state index in [1.807, 2.05) is 4.90 Å². The van der Waals surface area contributed by atoms with Gasteiger partial charge in [-0.05, 0) is 33.3 Å². The molecule has 184 valence electrons. The Morgan fingerprint density at radius 1 is 1.06 bits per heavy atom. The third-order valence-corrected chi connectivity index (χ3v) is 6.48. The summed E-state index contributed by atoms with van der Waals surface area (Å²) in [5.41, 5.74) is -0.622. The number of alkyl halides is 1. The van der Waals surface area contributed by atoms with Crippen LogP contribution in [0.2, 0.25) is 15.1 Å². The van der Waals surface area contributed by atoms with E-state index in [-0.39, 0.29) is 39.4 Å². The Morgan fingerprint density at radius 3 is 2.39 bits per heavy atom. The summed E-state index contributed by atoms with van der Waals surface area (Å²) in [6.45, 7) is 7.48. The number of amides is 2. The summed E-state index contributed by atoms with van der Waals surface area (Å²) >= 11 is 18.1. The second-order valence-electron chi connectivity index (χ2n) is 9.30. The molecule has 0 aromatic heterocycles. The first-order chi connectivity index (χ1) is 15.4. The van der Waals surface area contributed by atoms with Gasteiger partial charge in [-0.1, -0.05) is 34.8 Å². The molecular formula is C22H29Cl3FN3O4. The molecule has 2 aliphatic heterocycles. The van der Waals surface area contributed by atoms with Gasteiger partial charge in [-0.2, -0.15) is 0 Å². The summed E-state index contributed by atoms with van der Waals surface area (Å²) in [7, 11) is 0. The summed E-state index contributed by atoms with van der Waals surface area (Å²) in [4.78, 5) is 30.9. The second kappa shape index (κ2) is 10.8. The molecule has 0 bridgehead atoms. The number of carbonyl (C=O) groups excluding carboxylic acids is 2. The third-order valence-electron chi connectivity index (χ3n) is 5.46. The van der Waals surface area contributed by atoms with Gasteiger partial charge in [-0.3, -0.25) is 9.69 Å². The molecule has 0 radical (unpaired) electrons. The summed E-state index contributed by atoms with van der Waals surface area (Å²) in [6.07, 6.45) is -0.835. The Balaban J connectivity index is 1.68. The van der Waals surface area contributed by atoms with Gasteiger partial charge in [-0.25, -0.2) is 9.18 Å². The standard InChI is InChI=1S/C22H29Cl3FN3O4/c1-22(2,3)33-21(31)28-6-7-29(15(12-28)11-27-5-4-14(26)10-27)20(30)13-32-19-9-17(24)16(23)8-18(19)25/h8-9,14-15H,4-7,10-13H2,1-3H3/t14-,15-/m0/s1. The molecule has 3 rings (SSSR count). The highest BCUT2D eigenvalue weighted by Gasteiger charge is 2.36. The van der Waals surface area contributed by atoms with E-state index in [9.17, 15) is 14.0 Å². The van der Waals surface area contributed by atoms with E-state index in [0.29, 0.717) is 45.7 Å². The lowest BCUT2D eigenvalue weighted by Crippen LogP contribution is -2.60. The predicted octanol–water partition coefficient (Wildman–Crippen LogP) is 4.52. The minimum Gasteiger partial charge on any atom is -0.482 e. The molecule has 0 saturated carbocycles. The van der Waals surface area contributed by atoms with Crippen molar-refractivity contribution < 1.29 is 23.5 Å². The maximum absolute atomic E-state index is 13.7. The molecule has 2 saturated heterocycles. The van der Waals surface area contributed by atoms with Gasteiger partial charge in [0.1, 0.15) is 17.5 Å². The van der Waals surface area contributed by atoms with Crippen molar-refractivity contribution in [3.63, 3.8) is 0 Å². The van der Waals surface area contributed by atoms with Crippen molar-refractivity contribution >= 4 is 46.8 Å². The highest BCUT2D eigenvalue weighted by atomic mass is 35.5. The summed E-state index contributed by atoms with van der Waals surface area (Å²) in [5, 5.41) is 0.798. The van der Waals surface area contributed by atoms with E-state index in [1.54, 1.807) is 30.6 Å². The van der Waals surface area contributed by atoms with Gasteiger partial charge >= 0.3 is 6.09 Å². The van der Waals surface area contributed by atoms with Crippen molar-refractivity contribution in [1.82, 2.24) is 14.7 Å². The van der Waals surface area contributed by atoms with Crippen LogP contribution in [0.25, 0.3) is 0 Å². The number of benzene rings is 1. The molecule has 2 amide bonds. The van der Waals surface area contributed by atoms with Gasteiger partial charge in [0.05, 0.1) is 21.1 Å². The van der Waals surface area contributed by atoms with Crippen LogP contribution in [0.1, 0.15) is 27.2 Å². The number of nitrogens with zero attached hydrogens (tertiary/aromatic N) is 3. The summed E-state index contributed by atoms with van der Waals surface area (Å²) < 4.78 is 24.8. The van der Waals surface area contributed by atoms with Crippen molar-refractivity contribution in [2.45, 2.75) is 45.0 Å². The monoisotopic (exact) mass is 523 g/mol. The van der Waals surface area contributed by atoms with Crippen molar-refractivity contribution in [3.05, 3.63) is 27.2 Å². The van der Waals surface area contributed by atoms with Crippen molar-refractivity contribution in [3.8, 4) is 5.75 Å². The summed E-state index contributed by atoms with van der Waals surface area (Å²) in [5.74, 6) is -0.00913. The lowest BCUT2D eigenvalue weighted by molar-refractivity contribution is -0.138. The maximum atomic E-state index is 13.7. The number of carbonyl (C=O) groups is 2. The lowest BCUT2D eigenvalue weighted by Gasteiger charge is -2.42. The first-order valence-electron chi connectivity index (χ1n) is 10.8. The van der Waals surface area contributed by atoms with Crippen LogP contribution in [0.5, 0.6) is 5.75 Å². The smallest absolute Gasteiger partial charge is 0.410 e. The van der Waals surface area contributed by atoms with Crippen LogP contribution < -0.4 is 4.74 Å². The van der Waals surface area contributed by atoms with Crippen LogP contribution >= 0.6 is 34.8 Å². The number of hydrogen-bond donors (Lipinski definition) is 0. The zero-order chi connectivity index (χ0) is 24.3. The van der Waals surface area contributed by atoms with Gasteiger partial charge in [0, 0.05) is 45.3 Å². The first-order valence-corrected chi connectivity index (χ1v) is 12.0. The molecule has 33 heavy (non-hydrogen) atoms. The average molecular weight is 525 g/mol. The average Bonchev–Trinajstić information content (AvgIpc) is 3.12. The number of hydrogen-bond acceptors (Lipinski definition) is 5. The molecule has 7 nitrogen and oxygen atoms in total. The van der Waals surface area contributed by atoms with E-state index in [4.69, 9.17) is 44.3 Å². The maximum Gasteiger partial charge on any atom is 0.410 e. The normalized spacial score (nSPS) is 21.9. The molecule has 2 heterocycles. The van der Waals surface area contributed by atoms with Crippen LogP contribution in [0.3, 0.4) is 0 Å². The zero-order valence-electron chi connectivity index (χ0n) is 19.0. The highest BCUT2D eigenvalue weighted by Crippen LogP contribution is 2.34. The predicted molar refractivity (Wildman–Crippen MR) is 126 cm³/mol. The number of rotatable bonds is 5. The number of ether oxygens (including phenoxy) is 2. The molecule has 2 aliphatic rings. The number of halogens is 4. The molecule has 0 aliphatic carbocycles. The fraction of sp³-hybridized carbons (Fsp3) is 0.636. The van der Waals surface area contributed by atoms with Crippen molar-refractivity contribution in [1.29, 1.82) is 0 Å². The van der Waals surface area contributed by atoms with E-state index in [1.165, 1.54) is 12.1 Å². The zero-order valence-corrected chi connectivity index (χ0v) is 21.2. The Hall–Kier alpha value is -1.48. The van der Waals surface area contributed by atoms with Crippen molar-refractivity contribution in [2.75, 3.05) is 45.9 Å². The third kappa shape index (κ3) is 7.25. The van der Waals surface area contributed by atoms with Crippen LogP contribution in [0.4, 0.5) is 9.18 Å². The minimum absolute atomic E-state index is 0.245. The molecule has 1 aromatic carbocycles. The van der Waals surface area contributed by atoms with Gasteiger partial charge in [0.25, 0.3) is 5.91 Å². The minimum atomic E-state index is -0.875. The Kier molecular flexibility index (Phi) is 8.59. The Bertz CT molecular complexity index is 883. The molecular weight excluding hydrogens is 496 g/mol. The molecule has 1 aromatic rings. The molecule has 0 unspecified atom stereocenters. The van der Waals surface area contributed by atoms with E-state index >= 15 is 0 Å². The second-order valence-corrected chi connectivity index (χ2v) is 10.5. The quantitative estimate of drug-likeness (QED) is 0.530. The van der Waals surface area contributed by atoms with Gasteiger partial charge in [0.15, 0.2) is 6.61 Å². The molecule has 2 fully saturated rings. The van der Waals surface area contributed by atoms with Crippen LogP contribution in [-0.4, -0.2) is 90.4 Å². The topological polar surface area (TPSA) is 62.3 Å². The molecule has 0 spiro atoms. The van der Waals surface area contributed by atoms with Crippen molar-refractivity contribution in [2.24, 2.45) is 0 Å². The number of likely N-dealkylation sites (tertiary alicyclic amines) is 1. The summed E-state index contributed by atoms with van der Waals surface area (Å²) in [6, 6.07) is 2.59. The molecule has 11 heteroatoms. The van der Waals surface area contributed by atoms with E-state index in [0.717, 1.165) is 0 Å². The lowest BCUT2D eigenvalue weighted by atomic mass is 10.1. The van der Waals surface area contributed by atoms with Gasteiger partial charge in [0.2, 0.25) is 0 Å². The Labute approximate surface area is 208 Å². The van der Waals surface area contributed by atoms with Crippen LogP contribution in [0.15, 0.2) is 12.1 Å². The van der Waals surface area contributed by atoms with Gasteiger partial charge < -0.3 is 19.3 Å². The highest BCUT2D eigenvalue weighted by molar-refractivity contribution is 6.43. The number of piperazine rings is 1. The fourth-order valence-electron chi connectivity index (χ4n) is 3.92. The Morgan fingerprint density at radius 2 is 1.76 bits per heavy atom. The molecule has 2 atom stereocenters. The van der Waals surface area contributed by atoms with Crippen LogP contribution in [0, 0.1) is 0 Å². The molecule has 0 N–H and O–H groups in total. The largest absolute Gasteiger partial charge is 0.482 e. The first kappa shape index (κ1) is 26.1.